The van der Waals surface area contributed by atoms with Crippen molar-refractivity contribution in [2.24, 2.45) is 0 Å². The third kappa shape index (κ3) is 9.78. The molecule has 14 heteroatoms. The van der Waals surface area contributed by atoms with Gasteiger partial charge >= 0.3 is 224 Å². The summed E-state index contributed by atoms with van der Waals surface area (Å²) in [6.45, 7) is 14.1. The number of carbonyl (C=O) groups excluding carboxylic acids is 2. The maximum absolute atomic E-state index is 14.2. The van der Waals surface area contributed by atoms with Gasteiger partial charge in [-0.05, 0) is 74.1 Å². The standard InChI is InChI=1S/C58H62ClN6O6P/c1-7-42-35(3)46-32-48-37(5)44(26-27-54(68)69)56(64-48)45(57-55(58(70)71)38(6)49(65-57)34-51-43(8-2)36(4)47(63-51)33-50(42)62-46)31-53(67)61-29-28-60-52(66)25-18-30-72(59,39-19-12-9-13-20-39,40-21-14-10-15-22-40)41-23-16-11-17-24-41/h7,9-17,19-24,32-34,37,44,62-63H,1,8,18,25-31H2,2-6H3,(H,60,66)(H,61,67)(H,68,69)(H,70,71). The molecule has 2 unspecified atom stereocenters. The fraction of sp³-hybridized carbons (Fsp3) is 0.276. The average Bonchev–Trinajstić information content (AvgIpc) is 4.07. The number of nitrogens with zero attached hydrogens (tertiary/aromatic N) is 2. The van der Waals surface area contributed by atoms with Crippen molar-refractivity contribution < 1.29 is 29.4 Å². The van der Waals surface area contributed by atoms with Gasteiger partial charge in [-0.3, -0.25) is 9.78 Å². The number of amides is 2. The van der Waals surface area contributed by atoms with Gasteiger partial charge in [0.05, 0.1) is 11.3 Å². The molecule has 2 aliphatic heterocycles. The Morgan fingerprint density at radius 3 is 1.86 bits per heavy atom. The van der Waals surface area contributed by atoms with Gasteiger partial charge in [-0.2, -0.15) is 0 Å². The minimum Gasteiger partial charge on any atom is -0.481 e. The van der Waals surface area contributed by atoms with Crippen LogP contribution in [0.1, 0.15) is 109 Å². The first-order chi connectivity index (χ1) is 34.6. The van der Waals surface area contributed by atoms with E-state index in [0.29, 0.717) is 47.2 Å². The van der Waals surface area contributed by atoms with Crippen LogP contribution < -0.4 is 26.5 Å². The molecular formula is C58H62ClN6O6P. The molecule has 2 atom stereocenters. The molecule has 0 radical (unpaired) electrons. The number of aromatic amines is 2. The molecule has 12 nitrogen and oxygen atoms in total. The summed E-state index contributed by atoms with van der Waals surface area (Å²) in [6, 6.07) is 36.2. The van der Waals surface area contributed by atoms with Crippen molar-refractivity contribution in [3.63, 3.8) is 0 Å². The predicted molar refractivity (Wildman–Crippen MR) is 293 cm³/mol. The minimum absolute atomic E-state index is 0.0593. The Kier molecular flexibility index (Phi) is 15.1. The zero-order valence-electron chi connectivity index (χ0n) is 41.4. The average molecular weight is 1010 g/mol. The number of benzene rings is 3. The van der Waals surface area contributed by atoms with Gasteiger partial charge in [0.1, 0.15) is 0 Å². The van der Waals surface area contributed by atoms with Gasteiger partial charge in [-0.25, -0.2) is 9.78 Å². The molecule has 6 aromatic rings. The number of nitrogens with one attached hydrogen (secondary N) is 4. The van der Waals surface area contributed by atoms with Crippen molar-refractivity contribution in [3.05, 3.63) is 166 Å². The van der Waals surface area contributed by atoms with Gasteiger partial charge in [0.2, 0.25) is 0 Å². The van der Waals surface area contributed by atoms with Gasteiger partial charge in [-0.15, -0.1) is 0 Å². The number of fused-ring (bicyclic) bond motifs is 8. The van der Waals surface area contributed by atoms with E-state index in [9.17, 15) is 29.4 Å². The first-order valence-corrected chi connectivity index (χ1v) is 27.9. The third-order valence-corrected chi connectivity index (χ3v) is 22.1. The van der Waals surface area contributed by atoms with Gasteiger partial charge in [0, 0.05) is 51.6 Å². The van der Waals surface area contributed by atoms with E-state index in [1.807, 2.05) is 99.6 Å². The van der Waals surface area contributed by atoms with Crippen LogP contribution in [0.25, 0.3) is 39.3 Å². The van der Waals surface area contributed by atoms with Crippen LogP contribution in [0, 0.1) is 13.8 Å². The zero-order valence-corrected chi connectivity index (χ0v) is 43.1. The van der Waals surface area contributed by atoms with E-state index in [0.717, 1.165) is 60.2 Å². The van der Waals surface area contributed by atoms with E-state index < -0.39 is 29.7 Å². The van der Waals surface area contributed by atoms with Gasteiger partial charge in [0.15, 0.2) is 0 Å². The molecule has 5 heterocycles. The van der Waals surface area contributed by atoms with Crippen LogP contribution in [0.5, 0.6) is 0 Å². The second-order valence-electron chi connectivity index (χ2n) is 18.8. The number of H-pyrrole nitrogens is 2. The fourth-order valence-electron chi connectivity index (χ4n) is 10.7. The number of rotatable bonds is 18. The summed E-state index contributed by atoms with van der Waals surface area (Å²) in [6.07, 6.45) is 3.46. The number of hydrogen-bond donors (Lipinski definition) is 6. The van der Waals surface area contributed by atoms with Crippen molar-refractivity contribution in [2.75, 3.05) is 19.3 Å². The maximum atomic E-state index is 14.2. The van der Waals surface area contributed by atoms with Crippen LogP contribution in [0.2, 0.25) is 0 Å². The van der Waals surface area contributed by atoms with Crippen LogP contribution in [-0.4, -0.2) is 73.2 Å². The van der Waals surface area contributed by atoms with E-state index in [1.54, 1.807) is 6.92 Å². The van der Waals surface area contributed by atoms with E-state index >= 15 is 0 Å². The first kappa shape index (κ1) is 51.2. The molecule has 0 saturated carbocycles. The molecule has 3 aromatic carbocycles. The zero-order chi connectivity index (χ0) is 51.3. The summed E-state index contributed by atoms with van der Waals surface area (Å²) >= 11 is 8.22. The van der Waals surface area contributed by atoms with Gasteiger partial charge in [-0.1, -0.05) is 26.5 Å². The number of carboxylic acids is 2. The quantitative estimate of drug-likeness (QED) is 0.0362. The van der Waals surface area contributed by atoms with E-state index in [4.69, 9.17) is 21.2 Å². The van der Waals surface area contributed by atoms with Gasteiger partial charge < -0.3 is 20.2 Å². The number of carbonyl (C=O) groups is 4. The molecule has 72 heavy (non-hydrogen) atoms. The number of aliphatic carboxylic acids is 2. The van der Waals surface area contributed by atoms with E-state index in [2.05, 4.69) is 70.5 Å². The van der Waals surface area contributed by atoms with E-state index in [-0.39, 0.29) is 61.9 Å². The molecule has 2 aliphatic rings. The van der Waals surface area contributed by atoms with Crippen LogP contribution in [-0.2, 0) is 32.0 Å². The Balaban J connectivity index is 1.11. The Morgan fingerprint density at radius 2 is 1.31 bits per heavy atom. The molecular weight excluding hydrogens is 943 g/mol. The first-order valence-electron chi connectivity index (χ1n) is 24.6. The summed E-state index contributed by atoms with van der Waals surface area (Å²) in [5.41, 5.74) is 9.50. The second-order valence-corrected chi connectivity index (χ2v) is 25.4. The topological polar surface area (TPSA) is 190 Å². The summed E-state index contributed by atoms with van der Waals surface area (Å²) < 4.78 is 0. The number of hydrogen-bond acceptors (Lipinski definition) is 6. The summed E-state index contributed by atoms with van der Waals surface area (Å²) in [5.74, 6) is -7.20. The number of allylic oxidation sites excluding steroid dienone is 1. The Labute approximate surface area is 424 Å². The molecule has 372 valence electrons. The Hall–Kier alpha value is -7.14. The molecule has 6 N–H and O–H groups in total. The van der Waals surface area contributed by atoms with Crippen molar-refractivity contribution in [3.8, 4) is 0 Å². The smallest absolute Gasteiger partial charge is 0.481 e. The number of carboxylic acid groups (broad SMARTS) is 2. The molecule has 0 aliphatic carbocycles. The number of aryl methyl sites for hydroxylation is 3. The summed E-state index contributed by atoms with van der Waals surface area (Å²) in [5, 5.41) is 29.7. The molecule has 3 aromatic heterocycles. The minimum atomic E-state index is -3.57. The monoisotopic (exact) mass is 1000 g/mol. The normalized spacial score (nSPS) is 15.1. The van der Waals surface area contributed by atoms with Crippen LogP contribution in [0.4, 0.5) is 0 Å². The predicted octanol–water partition coefficient (Wildman–Crippen LogP) is 10.1. The number of aromatic nitrogens is 4. The van der Waals surface area contributed by atoms with Crippen molar-refractivity contribution >= 4 is 96.2 Å². The van der Waals surface area contributed by atoms with Crippen molar-refractivity contribution in [2.45, 2.75) is 85.0 Å². The van der Waals surface area contributed by atoms with Crippen molar-refractivity contribution in [1.29, 1.82) is 0 Å². The van der Waals surface area contributed by atoms with Crippen LogP contribution >= 0.6 is 17.2 Å². The Morgan fingerprint density at radius 1 is 0.736 bits per heavy atom. The fourth-order valence-corrected chi connectivity index (χ4v) is 16.9. The number of halogens is 1. The molecule has 8 rings (SSSR count). The van der Waals surface area contributed by atoms with E-state index in [1.165, 1.54) is 0 Å². The summed E-state index contributed by atoms with van der Waals surface area (Å²) in [7, 11) is 0. The summed E-state index contributed by atoms with van der Waals surface area (Å²) in [4.78, 5) is 70.5. The molecule has 0 fully saturated rings. The molecule has 2 amide bonds. The molecule has 8 bridgehead atoms. The van der Waals surface area contributed by atoms with Gasteiger partial charge in [0.25, 0.3) is 0 Å². The molecule has 0 spiro atoms. The second kappa shape index (κ2) is 21.3. The third-order valence-electron chi connectivity index (χ3n) is 14.6. The van der Waals surface area contributed by atoms with Crippen molar-refractivity contribution in [1.82, 2.24) is 30.6 Å². The molecule has 0 saturated heterocycles. The van der Waals surface area contributed by atoms with Crippen LogP contribution in [0.15, 0.2) is 116 Å². The van der Waals surface area contributed by atoms with Crippen LogP contribution in [0.3, 0.4) is 0 Å². The SMILES string of the molecule is C=Cc1c(C)c2cc3nc(c(CC(=O)NCCNC(=O)CCCP(Cl)(c4ccccc4)(c4ccccc4)c4ccccc4)c4nc(cc5[nH]c(cc1[nH]2)c(C)c5CC)C(C)=C4C(=O)O)C(CCC(=O)O)C3C. The Bertz CT molecular complexity index is 3190.